The summed E-state index contributed by atoms with van der Waals surface area (Å²) < 4.78 is 9.95. The molecule has 0 fully saturated rings. The Morgan fingerprint density at radius 2 is 1.00 bits per heavy atom. The van der Waals surface area contributed by atoms with Crippen LogP contribution in [0.3, 0.4) is 0 Å². The number of fused-ring (bicyclic) bond motifs is 10. The minimum Gasteiger partial charge on any atom is -0.497 e. The van der Waals surface area contributed by atoms with Crippen LogP contribution in [0.15, 0.2) is 48.8 Å². The van der Waals surface area contributed by atoms with Crippen LogP contribution in [-0.2, 0) is 34.2 Å². The van der Waals surface area contributed by atoms with E-state index in [0.29, 0.717) is 11.5 Å². The monoisotopic (exact) mass is 663 g/mol. The van der Waals surface area contributed by atoms with Crippen LogP contribution in [-0.4, -0.2) is 30.0 Å². The van der Waals surface area contributed by atoms with E-state index in [1.54, 1.807) is 0 Å². The maximum absolute atomic E-state index is 6.08. The first-order valence-electron chi connectivity index (χ1n) is 12.9. The van der Waals surface area contributed by atoms with Crippen LogP contribution in [0.5, 0.6) is 11.5 Å². The van der Waals surface area contributed by atoms with E-state index >= 15 is 0 Å². The van der Waals surface area contributed by atoms with E-state index in [4.69, 9.17) is 4.74 Å². The van der Waals surface area contributed by atoms with Gasteiger partial charge in [-0.25, -0.2) is 0 Å². The fourth-order valence-corrected chi connectivity index (χ4v) is 4.46. The fourth-order valence-electron chi connectivity index (χ4n) is 4.46. The molecule has 2 aromatic carbocycles. The average Bonchev–Trinajstić information content (AvgIpc) is 3.55. The summed E-state index contributed by atoms with van der Waals surface area (Å²) in [6.07, 6.45) is 16.6. The van der Waals surface area contributed by atoms with Crippen molar-refractivity contribution in [1.29, 1.82) is 0 Å². The molecule has 1 aliphatic rings. The van der Waals surface area contributed by atoms with Crippen molar-refractivity contribution < 1.29 is 25.8 Å². The minimum absolute atomic E-state index is 0. The molecule has 2 aromatic heterocycles. The molecule has 8 heteroatoms. The first-order chi connectivity index (χ1) is 17.3. The molecule has 5 rings (SSSR count). The smallest absolute Gasteiger partial charge is 0.497 e. The zero-order chi connectivity index (χ0) is 23.7. The van der Waals surface area contributed by atoms with Crippen LogP contribution < -0.4 is 4.74 Å². The van der Waals surface area contributed by atoms with Gasteiger partial charge in [-0.05, 0) is 12.8 Å². The predicted octanol–water partition coefficient (Wildman–Crippen LogP) is 6.51. The molecule has 190 valence electrons. The van der Waals surface area contributed by atoms with Crippen molar-refractivity contribution in [3.63, 3.8) is 0 Å². The number of benzene rings is 2. The molecule has 0 unspecified atom stereocenters. The van der Waals surface area contributed by atoms with Crippen LogP contribution >= 0.6 is 0 Å². The molecule has 7 nitrogen and oxygen atoms in total. The Morgan fingerprint density at radius 3 is 1.44 bits per heavy atom. The molecule has 0 N–H and O–H groups in total. The number of nitrogens with zero attached hydrogens (tertiary/aromatic N) is 6. The molecule has 0 saturated carbocycles. The first-order valence-corrected chi connectivity index (χ1v) is 12.9. The Kier molecular flexibility index (Phi) is 9.85. The van der Waals surface area contributed by atoms with Gasteiger partial charge in [0.1, 0.15) is 0 Å². The second-order valence-electron chi connectivity index (χ2n) is 9.23. The van der Waals surface area contributed by atoms with Gasteiger partial charge in [0, 0.05) is 48.4 Å². The Morgan fingerprint density at radius 1 is 0.583 bits per heavy atom. The largest absolute Gasteiger partial charge is 2.00 e. The van der Waals surface area contributed by atoms with Crippen LogP contribution in [0.25, 0.3) is 22.5 Å². The van der Waals surface area contributed by atoms with Gasteiger partial charge < -0.3 is 4.74 Å². The molecule has 4 aromatic rings. The summed E-state index contributed by atoms with van der Waals surface area (Å²) in [5, 5.41) is 17.3. The van der Waals surface area contributed by atoms with Crippen molar-refractivity contribution in [3.05, 3.63) is 60.9 Å². The van der Waals surface area contributed by atoms with Crippen molar-refractivity contribution in [2.24, 2.45) is 0 Å². The molecule has 1 aliphatic heterocycles. The van der Waals surface area contributed by atoms with Gasteiger partial charge in [-0.15, -0.1) is 47.5 Å². The summed E-state index contributed by atoms with van der Waals surface area (Å²) >= 11 is 0. The van der Waals surface area contributed by atoms with Gasteiger partial charge in [0.15, 0.2) is 0 Å². The third-order valence-corrected chi connectivity index (χ3v) is 6.41. The fraction of sp³-hybridized carbons (Fsp3) is 0.429. The molecule has 0 aliphatic carbocycles. The second-order valence-corrected chi connectivity index (χ2v) is 9.23. The van der Waals surface area contributed by atoms with Gasteiger partial charge in [-0.1, -0.05) is 73.9 Å². The van der Waals surface area contributed by atoms with Crippen molar-refractivity contribution >= 4 is 0 Å². The second kappa shape index (κ2) is 13.5. The minimum atomic E-state index is 0. The number of hydrogen-bond donors (Lipinski definition) is 0. The van der Waals surface area contributed by atoms with Crippen molar-refractivity contribution in [2.45, 2.75) is 77.3 Å². The maximum atomic E-state index is 6.08. The Labute approximate surface area is 227 Å². The normalized spacial score (nSPS) is 15.6. The molecule has 0 radical (unpaired) electrons. The summed E-state index contributed by atoms with van der Waals surface area (Å²) in [5.74, 6) is 1.22. The van der Waals surface area contributed by atoms with Gasteiger partial charge >= 0.3 is 21.1 Å². The molecule has 36 heavy (non-hydrogen) atoms. The van der Waals surface area contributed by atoms with Crippen molar-refractivity contribution in [1.82, 2.24) is 30.0 Å². The molecule has 0 spiro atoms. The van der Waals surface area contributed by atoms with Gasteiger partial charge in [-0.3, -0.25) is 9.36 Å². The molecule has 3 heterocycles. The molecule has 0 saturated heterocycles. The standard InChI is InChI=1S/C28H32N6O.Pt/c1-2-4-6-8-10-18-34-22-28(30-32-34)24-14-12-16-26(20-24)35-25-15-11-13-23(19-25)27-21-33(31-29-27)17-9-7-5-3-1;/h11-16,21-22H,1-10,17-18H2;/q-2;+2. The van der Waals surface area contributed by atoms with Crippen molar-refractivity contribution in [2.75, 3.05) is 0 Å². The summed E-state index contributed by atoms with van der Waals surface area (Å²) in [6.45, 7) is 1.80. The quantitative estimate of drug-likeness (QED) is 0.201. The summed E-state index contributed by atoms with van der Waals surface area (Å²) in [7, 11) is 0. The van der Waals surface area contributed by atoms with Gasteiger partial charge in [0.2, 0.25) is 0 Å². The number of hydrogen-bond acceptors (Lipinski definition) is 5. The van der Waals surface area contributed by atoms with Gasteiger partial charge in [0.05, 0.1) is 0 Å². The molecule has 0 amide bonds. The van der Waals surface area contributed by atoms with E-state index in [1.165, 1.54) is 51.4 Å². The summed E-state index contributed by atoms with van der Waals surface area (Å²) in [4.78, 5) is 0. The van der Waals surface area contributed by atoms with Crippen LogP contribution in [0, 0.1) is 12.1 Å². The first kappa shape index (κ1) is 26.3. The van der Waals surface area contributed by atoms with Crippen molar-refractivity contribution in [3.8, 4) is 34.0 Å². The van der Waals surface area contributed by atoms with Gasteiger partial charge in [0.25, 0.3) is 0 Å². The summed E-state index contributed by atoms with van der Waals surface area (Å²) in [6, 6.07) is 18.3. The predicted molar refractivity (Wildman–Crippen MR) is 135 cm³/mol. The van der Waals surface area contributed by atoms with Crippen LogP contribution in [0.2, 0.25) is 0 Å². The Balaban J connectivity index is 0.00000304. The topological polar surface area (TPSA) is 70.7 Å². The molecular weight excluding hydrogens is 631 g/mol. The maximum Gasteiger partial charge on any atom is 2.00 e. The number of aromatic nitrogens is 6. The number of ether oxygens (including phenoxy) is 1. The van der Waals surface area contributed by atoms with Crippen LogP contribution in [0.4, 0.5) is 0 Å². The Bertz CT molecular complexity index is 1130. The van der Waals surface area contributed by atoms with Crippen LogP contribution in [0.1, 0.15) is 64.2 Å². The summed E-state index contributed by atoms with van der Waals surface area (Å²) in [5.41, 5.74) is 3.32. The zero-order valence-electron chi connectivity index (χ0n) is 20.5. The van der Waals surface area contributed by atoms with E-state index in [9.17, 15) is 0 Å². The third kappa shape index (κ3) is 7.36. The SMILES string of the molecule is [Pt+2].[c-]1c2cccc1-c1cn(nn1)CCCCCCCCCCCCn1cc(nn1)-c1[c-]c(ccc1)O2. The zero-order valence-corrected chi connectivity index (χ0v) is 22.8. The van der Waals surface area contributed by atoms with E-state index in [-0.39, 0.29) is 21.1 Å². The van der Waals surface area contributed by atoms with E-state index < -0.39 is 0 Å². The average molecular weight is 664 g/mol. The number of aryl methyl sites for hydroxylation is 2. The molecular formula is C28H32N6OPt. The van der Waals surface area contributed by atoms with Gasteiger partial charge in [-0.2, -0.15) is 10.2 Å². The molecule has 0 atom stereocenters. The van der Waals surface area contributed by atoms with E-state index in [1.807, 2.05) is 58.2 Å². The Hall–Kier alpha value is -2.79. The van der Waals surface area contributed by atoms with E-state index in [2.05, 4.69) is 32.8 Å². The van der Waals surface area contributed by atoms with E-state index in [0.717, 1.165) is 48.4 Å². The third-order valence-electron chi connectivity index (χ3n) is 6.41. The number of rotatable bonds is 0. The molecule has 8 bridgehead atoms.